The van der Waals surface area contributed by atoms with Gasteiger partial charge in [0, 0.05) is 26.7 Å². The first-order valence-electron chi connectivity index (χ1n) is 8.64. The van der Waals surface area contributed by atoms with Gasteiger partial charge in [0.2, 0.25) is 5.88 Å². The fraction of sp³-hybridized carbons (Fsp3) is 0.611. The smallest absolute Gasteiger partial charge is 0.264 e. The summed E-state index contributed by atoms with van der Waals surface area (Å²) in [4.78, 5) is 24.9. The van der Waals surface area contributed by atoms with E-state index < -0.39 is 0 Å². The lowest BCUT2D eigenvalue weighted by molar-refractivity contribution is 0.0793. The zero-order chi connectivity index (χ0) is 19.4. The molecule has 0 aromatic carbocycles. The van der Waals surface area contributed by atoms with Crippen molar-refractivity contribution >= 4 is 39.9 Å². The number of hydrogen-bond acceptors (Lipinski definition) is 7. The van der Waals surface area contributed by atoms with Gasteiger partial charge in [0.05, 0.1) is 17.4 Å². The second-order valence-electron chi connectivity index (χ2n) is 6.74. The number of nitrogens with zero attached hydrogens (tertiary/aromatic N) is 3. The lowest BCUT2D eigenvalue weighted by atomic mass is 10.0. The average Bonchev–Trinajstić information content (AvgIpc) is 2.94. The van der Waals surface area contributed by atoms with E-state index in [1.807, 2.05) is 6.92 Å². The summed E-state index contributed by atoms with van der Waals surface area (Å²) in [5.74, 6) is 1.37. The van der Waals surface area contributed by atoms with Crippen LogP contribution in [-0.4, -0.2) is 54.6 Å². The summed E-state index contributed by atoms with van der Waals surface area (Å²) in [5.41, 5.74) is 6.94. The predicted molar refractivity (Wildman–Crippen MR) is 111 cm³/mol. The van der Waals surface area contributed by atoms with E-state index in [2.05, 4.69) is 23.8 Å². The molecule has 2 N–H and O–H groups in total. The molecule has 2 aromatic heterocycles. The van der Waals surface area contributed by atoms with Gasteiger partial charge in [-0.1, -0.05) is 13.8 Å². The molecule has 0 spiro atoms. The topological polar surface area (TPSA) is 90.6 Å². The number of aromatic nitrogens is 2. The minimum Gasteiger partial charge on any atom is -0.480 e. The molecule has 1 atom stereocenters. The van der Waals surface area contributed by atoms with Gasteiger partial charge in [0.15, 0.2) is 5.82 Å². The number of rotatable bonds is 8. The Bertz CT molecular complexity index is 782. The molecular formula is C18H29ClN4O3S. The number of hydrogen-bond donors (Lipinski definition) is 1. The Morgan fingerprint density at radius 3 is 2.52 bits per heavy atom. The van der Waals surface area contributed by atoms with E-state index >= 15 is 0 Å². The van der Waals surface area contributed by atoms with Gasteiger partial charge in [0.1, 0.15) is 11.4 Å². The Morgan fingerprint density at radius 1 is 1.30 bits per heavy atom. The van der Waals surface area contributed by atoms with Crippen molar-refractivity contribution < 1.29 is 14.3 Å². The maximum atomic E-state index is 12.9. The van der Waals surface area contributed by atoms with Crippen molar-refractivity contribution in [2.45, 2.75) is 39.8 Å². The highest BCUT2D eigenvalue weighted by Gasteiger charge is 2.23. The molecule has 1 amide bonds. The van der Waals surface area contributed by atoms with Gasteiger partial charge in [0.25, 0.3) is 5.91 Å². The monoisotopic (exact) mass is 416 g/mol. The molecule has 0 aliphatic heterocycles. The molecule has 152 valence electrons. The molecule has 0 saturated carbocycles. The number of nitrogens with two attached hydrogens (primary N) is 1. The zero-order valence-corrected chi connectivity index (χ0v) is 18.4. The molecule has 2 heterocycles. The van der Waals surface area contributed by atoms with Crippen molar-refractivity contribution in [3.63, 3.8) is 0 Å². The molecule has 7 nitrogen and oxygen atoms in total. The number of carbonyl (C=O) groups excluding carboxylic acids is 1. The number of methoxy groups -OCH3 is 2. The third kappa shape index (κ3) is 5.28. The predicted octanol–water partition coefficient (Wildman–Crippen LogP) is 3.02. The maximum absolute atomic E-state index is 12.9. The first-order chi connectivity index (χ1) is 12.3. The van der Waals surface area contributed by atoms with Crippen LogP contribution in [0.5, 0.6) is 5.88 Å². The normalized spacial score (nSPS) is 12.1. The van der Waals surface area contributed by atoms with Crippen molar-refractivity contribution in [2.24, 2.45) is 11.7 Å². The molecule has 1 unspecified atom stereocenters. The molecule has 9 heteroatoms. The highest BCUT2D eigenvalue weighted by molar-refractivity contribution is 7.20. The van der Waals surface area contributed by atoms with Crippen LogP contribution in [0.2, 0.25) is 0 Å². The lowest BCUT2D eigenvalue weighted by Crippen LogP contribution is -2.34. The van der Waals surface area contributed by atoms with Crippen molar-refractivity contribution in [2.75, 3.05) is 27.8 Å². The molecule has 0 bridgehead atoms. The quantitative estimate of drug-likeness (QED) is 0.711. The SMILES string of the molecule is COCc1nc(OC)c2c(C)c(C(=O)N(C)CCC(N)C(C)C)sc2n1.Cl. The summed E-state index contributed by atoms with van der Waals surface area (Å²) in [6.45, 7) is 6.99. The van der Waals surface area contributed by atoms with E-state index in [0.29, 0.717) is 35.7 Å². The summed E-state index contributed by atoms with van der Waals surface area (Å²) >= 11 is 1.36. The molecule has 2 rings (SSSR count). The van der Waals surface area contributed by atoms with Crippen LogP contribution in [0.25, 0.3) is 10.2 Å². The third-order valence-corrected chi connectivity index (χ3v) is 5.64. The van der Waals surface area contributed by atoms with E-state index in [0.717, 1.165) is 22.2 Å². The van der Waals surface area contributed by atoms with E-state index in [1.54, 1.807) is 26.2 Å². The van der Waals surface area contributed by atoms with Gasteiger partial charge >= 0.3 is 0 Å². The summed E-state index contributed by atoms with van der Waals surface area (Å²) in [7, 11) is 4.96. The van der Waals surface area contributed by atoms with Crippen LogP contribution in [-0.2, 0) is 11.3 Å². The van der Waals surface area contributed by atoms with Crippen LogP contribution >= 0.6 is 23.7 Å². The minimum atomic E-state index is -0.0307. The Hall–Kier alpha value is -1.48. The average molecular weight is 417 g/mol. The van der Waals surface area contributed by atoms with E-state index in [-0.39, 0.29) is 24.4 Å². The van der Waals surface area contributed by atoms with Gasteiger partial charge in [-0.05, 0) is 24.8 Å². The van der Waals surface area contributed by atoms with Crippen LogP contribution in [0, 0.1) is 12.8 Å². The number of fused-ring (bicyclic) bond motifs is 1. The number of halogens is 1. The summed E-state index contributed by atoms with van der Waals surface area (Å²) in [6, 6.07) is 0.0799. The second-order valence-corrected chi connectivity index (χ2v) is 7.74. The highest BCUT2D eigenvalue weighted by Crippen LogP contribution is 2.35. The largest absolute Gasteiger partial charge is 0.480 e. The third-order valence-electron chi connectivity index (χ3n) is 4.47. The number of carbonyl (C=O) groups is 1. The molecule has 0 radical (unpaired) electrons. The molecule has 0 aliphatic rings. The van der Waals surface area contributed by atoms with Gasteiger partial charge < -0.3 is 20.1 Å². The Balaban J connectivity index is 0.00000364. The van der Waals surface area contributed by atoms with Crippen molar-refractivity contribution in [3.05, 3.63) is 16.3 Å². The van der Waals surface area contributed by atoms with Crippen LogP contribution in [0.4, 0.5) is 0 Å². The number of ether oxygens (including phenoxy) is 2. The Labute approximate surface area is 170 Å². The number of amides is 1. The molecule has 0 fully saturated rings. The van der Waals surface area contributed by atoms with Crippen LogP contribution in [0.3, 0.4) is 0 Å². The first kappa shape index (κ1) is 23.6. The van der Waals surface area contributed by atoms with Gasteiger partial charge in [-0.25, -0.2) is 4.98 Å². The summed E-state index contributed by atoms with van der Waals surface area (Å²) in [6.07, 6.45) is 0.769. The van der Waals surface area contributed by atoms with E-state index in [1.165, 1.54) is 11.3 Å². The number of thiophene rings is 1. The van der Waals surface area contributed by atoms with Crippen molar-refractivity contribution in [1.82, 2.24) is 14.9 Å². The molecular weight excluding hydrogens is 388 g/mol. The molecule has 0 aliphatic carbocycles. The minimum absolute atomic E-state index is 0. The Kier molecular flexibility index (Phi) is 8.87. The van der Waals surface area contributed by atoms with Gasteiger partial charge in [-0.15, -0.1) is 23.7 Å². The van der Waals surface area contributed by atoms with E-state index in [9.17, 15) is 4.79 Å². The van der Waals surface area contributed by atoms with Crippen LogP contribution in [0.1, 0.15) is 41.3 Å². The molecule has 2 aromatic rings. The fourth-order valence-electron chi connectivity index (χ4n) is 2.64. The lowest BCUT2D eigenvalue weighted by Gasteiger charge is -2.21. The van der Waals surface area contributed by atoms with Crippen LogP contribution < -0.4 is 10.5 Å². The first-order valence-corrected chi connectivity index (χ1v) is 9.45. The van der Waals surface area contributed by atoms with Crippen molar-refractivity contribution in [3.8, 4) is 5.88 Å². The van der Waals surface area contributed by atoms with Gasteiger partial charge in [-0.3, -0.25) is 4.79 Å². The zero-order valence-electron chi connectivity index (χ0n) is 16.7. The number of aryl methyl sites for hydroxylation is 1. The molecule has 0 saturated heterocycles. The second kappa shape index (κ2) is 10.2. The fourth-order valence-corrected chi connectivity index (χ4v) is 3.83. The van der Waals surface area contributed by atoms with Crippen molar-refractivity contribution in [1.29, 1.82) is 0 Å². The highest BCUT2D eigenvalue weighted by atomic mass is 35.5. The maximum Gasteiger partial charge on any atom is 0.264 e. The van der Waals surface area contributed by atoms with Gasteiger partial charge in [-0.2, -0.15) is 4.98 Å². The molecule has 27 heavy (non-hydrogen) atoms. The van der Waals surface area contributed by atoms with E-state index in [4.69, 9.17) is 15.2 Å². The summed E-state index contributed by atoms with van der Waals surface area (Å²) in [5, 5.41) is 0.785. The Morgan fingerprint density at radius 2 is 1.96 bits per heavy atom. The summed E-state index contributed by atoms with van der Waals surface area (Å²) < 4.78 is 10.5. The standard InChI is InChI=1S/C18H28N4O3S.ClH/c1-10(2)12(19)7-8-22(4)18(23)15-11(3)14-16(25-6)20-13(9-24-5)21-17(14)26-15;/h10,12H,7-9,19H2,1-6H3;1H. The van der Waals surface area contributed by atoms with Crippen LogP contribution in [0.15, 0.2) is 0 Å².